The lowest BCUT2D eigenvalue weighted by Crippen LogP contribution is -2.39. The number of anilines is 1. The zero-order chi connectivity index (χ0) is 24.2. The van der Waals surface area contributed by atoms with Crippen molar-refractivity contribution in [1.82, 2.24) is 24.0 Å². The maximum Gasteiger partial charge on any atom is 0.327 e. The summed E-state index contributed by atoms with van der Waals surface area (Å²) in [4.78, 5) is 34.8. The van der Waals surface area contributed by atoms with Crippen molar-refractivity contribution in [2.24, 2.45) is 0 Å². The molecule has 1 aliphatic heterocycles. The van der Waals surface area contributed by atoms with Crippen molar-refractivity contribution in [3.63, 3.8) is 0 Å². The van der Waals surface area contributed by atoms with Crippen LogP contribution in [-0.4, -0.2) is 43.0 Å². The normalized spacial score (nSPS) is 13.0. The van der Waals surface area contributed by atoms with Gasteiger partial charge in [-0.05, 0) is 30.0 Å². The summed E-state index contributed by atoms with van der Waals surface area (Å²) in [6, 6.07) is 15.6. The van der Waals surface area contributed by atoms with E-state index >= 15 is 0 Å². The first-order valence-corrected chi connectivity index (χ1v) is 12.1. The van der Waals surface area contributed by atoms with E-state index in [1.807, 2.05) is 46.0 Å². The first-order chi connectivity index (χ1) is 17.1. The molecule has 0 fully saturated rings. The van der Waals surface area contributed by atoms with Gasteiger partial charge in [0.1, 0.15) is 5.82 Å². The Balaban J connectivity index is 1.35. The van der Waals surface area contributed by atoms with Gasteiger partial charge in [0.2, 0.25) is 5.91 Å². The molecule has 1 amide bonds. The second-order valence-electron chi connectivity index (χ2n) is 8.63. The molecule has 9 heteroatoms. The van der Waals surface area contributed by atoms with E-state index in [4.69, 9.17) is 11.6 Å². The van der Waals surface area contributed by atoms with Gasteiger partial charge in [-0.2, -0.15) is 0 Å². The Morgan fingerprint density at radius 2 is 1.89 bits per heavy atom. The van der Waals surface area contributed by atoms with Gasteiger partial charge in [-0.25, -0.2) is 9.78 Å². The highest BCUT2D eigenvalue weighted by Crippen LogP contribution is 2.32. The lowest BCUT2D eigenvalue weighted by Gasteiger charge is -2.29. The fourth-order valence-electron chi connectivity index (χ4n) is 4.56. The minimum absolute atomic E-state index is 0.0154. The number of aromatic amines is 1. The molecular formula is C26H27ClN6O2. The molecule has 0 saturated heterocycles. The molecule has 1 aliphatic rings. The van der Waals surface area contributed by atoms with Crippen molar-refractivity contribution in [3.05, 3.63) is 93.9 Å². The minimum Gasteiger partial charge on any atom is -0.361 e. The van der Waals surface area contributed by atoms with Crippen molar-refractivity contribution in [3.8, 4) is 11.3 Å². The molecule has 35 heavy (non-hydrogen) atoms. The topological polar surface area (TPSA) is 87.9 Å². The first kappa shape index (κ1) is 23.0. The summed E-state index contributed by atoms with van der Waals surface area (Å²) in [5.74, 6) is 0.481. The van der Waals surface area contributed by atoms with Gasteiger partial charge < -0.3 is 14.8 Å². The van der Waals surface area contributed by atoms with Crippen LogP contribution < -0.4 is 11.0 Å². The number of hydrogen-bond acceptors (Lipinski definition) is 4. The van der Waals surface area contributed by atoms with E-state index in [1.54, 1.807) is 23.2 Å². The second kappa shape index (κ2) is 10.2. The second-order valence-corrected chi connectivity index (χ2v) is 9.03. The number of imidazole rings is 2. The van der Waals surface area contributed by atoms with Gasteiger partial charge in [-0.3, -0.25) is 14.3 Å². The predicted octanol–water partition coefficient (Wildman–Crippen LogP) is 3.78. The smallest absolute Gasteiger partial charge is 0.327 e. The SMILES string of the molecule is O=C(CNc1[nH]c(=O)n(CCCn2ccnc2)c1-c1ccccc1Cl)N1CCc2ccccc2C1. The quantitative estimate of drug-likeness (QED) is 0.393. The predicted molar refractivity (Wildman–Crippen MR) is 136 cm³/mol. The average molecular weight is 491 g/mol. The van der Waals surface area contributed by atoms with Crippen LogP contribution in [0.2, 0.25) is 5.02 Å². The fourth-order valence-corrected chi connectivity index (χ4v) is 4.78. The number of rotatable bonds is 8. The third-order valence-electron chi connectivity index (χ3n) is 6.37. The largest absolute Gasteiger partial charge is 0.361 e. The molecule has 4 aromatic rings. The molecule has 2 N–H and O–H groups in total. The first-order valence-electron chi connectivity index (χ1n) is 11.7. The summed E-state index contributed by atoms with van der Waals surface area (Å²) < 4.78 is 3.66. The number of carbonyl (C=O) groups is 1. The Hall–Kier alpha value is -3.78. The van der Waals surface area contributed by atoms with Gasteiger partial charge in [-0.1, -0.05) is 54.1 Å². The summed E-state index contributed by atoms with van der Waals surface area (Å²) in [6.45, 7) is 2.58. The highest BCUT2D eigenvalue weighted by Gasteiger charge is 2.22. The molecule has 180 valence electrons. The van der Waals surface area contributed by atoms with Crippen LogP contribution in [0.15, 0.2) is 72.0 Å². The highest BCUT2D eigenvalue weighted by atomic mass is 35.5. The standard InChI is InChI=1S/C26H27ClN6O2/c27-22-9-4-3-8-21(22)24-25(30-26(35)33(24)13-5-12-31-15-11-28-18-31)29-16-23(34)32-14-10-19-6-1-2-7-20(19)17-32/h1-4,6-9,11,15,18,29H,5,10,12-14,16-17H2,(H,30,35). The number of halogens is 1. The van der Waals surface area contributed by atoms with Gasteiger partial charge >= 0.3 is 5.69 Å². The maximum atomic E-state index is 13.0. The average Bonchev–Trinajstić information content (AvgIpc) is 3.50. The third kappa shape index (κ3) is 5.02. The van der Waals surface area contributed by atoms with Crippen molar-refractivity contribution in [2.75, 3.05) is 18.4 Å². The zero-order valence-corrected chi connectivity index (χ0v) is 20.0. The van der Waals surface area contributed by atoms with E-state index in [9.17, 15) is 9.59 Å². The molecule has 0 aliphatic carbocycles. The fraction of sp³-hybridized carbons (Fsp3) is 0.269. The molecule has 0 spiro atoms. The van der Waals surface area contributed by atoms with Gasteiger partial charge in [0.25, 0.3) is 0 Å². The summed E-state index contributed by atoms with van der Waals surface area (Å²) in [7, 11) is 0. The summed E-state index contributed by atoms with van der Waals surface area (Å²) in [6.07, 6.45) is 6.96. The lowest BCUT2D eigenvalue weighted by atomic mass is 10.00. The van der Waals surface area contributed by atoms with Gasteiger partial charge in [0.15, 0.2) is 0 Å². The Kier molecular flexibility index (Phi) is 6.72. The van der Waals surface area contributed by atoms with E-state index < -0.39 is 0 Å². The number of aromatic nitrogens is 4. The van der Waals surface area contributed by atoms with Crippen molar-refractivity contribution in [1.29, 1.82) is 0 Å². The summed E-state index contributed by atoms with van der Waals surface area (Å²) >= 11 is 6.51. The molecule has 2 aromatic heterocycles. The molecule has 8 nitrogen and oxygen atoms in total. The third-order valence-corrected chi connectivity index (χ3v) is 6.70. The van der Waals surface area contributed by atoms with Gasteiger partial charge in [0.05, 0.1) is 23.6 Å². The molecule has 0 bridgehead atoms. The molecular weight excluding hydrogens is 464 g/mol. The Morgan fingerprint density at radius 3 is 2.69 bits per heavy atom. The van der Waals surface area contributed by atoms with E-state index in [0.29, 0.717) is 36.2 Å². The van der Waals surface area contributed by atoms with Crippen LogP contribution in [0.25, 0.3) is 11.3 Å². The van der Waals surface area contributed by atoms with Crippen LogP contribution in [0.5, 0.6) is 0 Å². The number of nitrogens with one attached hydrogen (secondary N) is 2. The number of hydrogen-bond donors (Lipinski definition) is 2. The van der Waals surface area contributed by atoms with E-state index in [1.165, 1.54) is 11.1 Å². The highest BCUT2D eigenvalue weighted by molar-refractivity contribution is 6.33. The molecule has 3 heterocycles. The van der Waals surface area contributed by atoms with Gasteiger partial charge in [0, 0.05) is 44.1 Å². The van der Waals surface area contributed by atoms with Crippen molar-refractivity contribution in [2.45, 2.75) is 32.5 Å². The molecule has 5 rings (SSSR count). The van der Waals surface area contributed by atoms with Crippen molar-refractivity contribution >= 4 is 23.3 Å². The van der Waals surface area contributed by atoms with E-state index in [2.05, 4.69) is 27.4 Å². The Labute approximate surface area is 208 Å². The summed E-state index contributed by atoms with van der Waals surface area (Å²) in [5.41, 5.74) is 3.62. The Bertz CT molecular complexity index is 1370. The maximum absolute atomic E-state index is 13.0. The Morgan fingerprint density at radius 1 is 1.09 bits per heavy atom. The molecule has 0 radical (unpaired) electrons. The molecule has 0 atom stereocenters. The number of aryl methyl sites for hydroxylation is 1. The van der Waals surface area contributed by atoms with Gasteiger partial charge in [-0.15, -0.1) is 0 Å². The van der Waals surface area contributed by atoms with Crippen molar-refractivity contribution < 1.29 is 4.79 Å². The number of fused-ring (bicyclic) bond motifs is 1. The van der Waals surface area contributed by atoms with Crippen LogP contribution in [0.4, 0.5) is 5.82 Å². The molecule has 0 unspecified atom stereocenters. The van der Waals surface area contributed by atoms with Crippen LogP contribution in [0.1, 0.15) is 17.5 Å². The molecule has 2 aromatic carbocycles. The van der Waals surface area contributed by atoms with Crippen LogP contribution in [0.3, 0.4) is 0 Å². The number of amides is 1. The summed E-state index contributed by atoms with van der Waals surface area (Å²) in [5, 5.41) is 3.72. The van der Waals surface area contributed by atoms with E-state index in [0.717, 1.165) is 24.9 Å². The minimum atomic E-state index is -0.243. The number of carbonyl (C=O) groups excluding carboxylic acids is 1. The van der Waals surface area contributed by atoms with Crippen LogP contribution >= 0.6 is 11.6 Å². The number of benzene rings is 2. The van der Waals surface area contributed by atoms with Crippen LogP contribution in [-0.2, 0) is 30.8 Å². The lowest BCUT2D eigenvalue weighted by molar-refractivity contribution is -0.130. The van der Waals surface area contributed by atoms with E-state index in [-0.39, 0.29) is 18.1 Å². The monoisotopic (exact) mass is 490 g/mol. The number of nitrogens with zero attached hydrogens (tertiary/aromatic N) is 4. The van der Waals surface area contributed by atoms with Crippen LogP contribution in [0, 0.1) is 0 Å². The number of H-pyrrole nitrogens is 1. The zero-order valence-electron chi connectivity index (χ0n) is 19.3. The molecule has 0 saturated carbocycles.